The molecule has 0 aliphatic heterocycles. The zero-order chi connectivity index (χ0) is 18.2. The molecule has 0 radical (unpaired) electrons. The molecule has 3 N–H and O–H groups in total. The van der Waals surface area contributed by atoms with Crippen molar-refractivity contribution >= 4 is 28.9 Å². The summed E-state index contributed by atoms with van der Waals surface area (Å²) in [6.45, 7) is 3.21. The smallest absolute Gasteiger partial charge is 0.191 e. The van der Waals surface area contributed by atoms with Crippen molar-refractivity contribution in [3.05, 3.63) is 50.9 Å². The third-order valence-corrected chi connectivity index (χ3v) is 4.70. The van der Waals surface area contributed by atoms with Crippen molar-refractivity contribution in [1.29, 1.82) is 0 Å². The predicted octanol–water partition coefficient (Wildman–Crippen LogP) is 3.34. The van der Waals surface area contributed by atoms with Gasteiger partial charge in [-0.1, -0.05) is 17.7 Å². The SMILES string of the molecule is CCNC(=NCc1ccc(OC)c(F)c1)NCC(O)c1ccc(Cl)s1. The molecule has 136 valence electrons. The molecule has 25 heavy (non-hydrogen) atoms. The Bertz CT molecular complexity index is 724. The molecule has 1 unspecified atom stereocenters. The molecule has 1 heterocycles. The van der Waals surface area contributed by atoms with E-state index in [9.17, 15) is 9.50 Å². The molecule has 0 saturated carbocycles. The van der Waals surface area contributed by atoms with Gasteiger partial charge < -0.3 is 20.5 Å². The highest BCUT2D eigenvalue weighted by molar-refractivity contribution is 7.16. The lowest BCUT2D eigenvalue weighted by atomic mass is 10.2. The van der Waals surface area contributed by atoms with Crippen LogP contribution in [0.15, 0.2) is 35.3 Å². The lowest BCUT2D eigenvalue weighted by molar-refractivity contribution is 0.184. The van der Waals surface area contributed by atoms with E-state index in [0.717, 1.165) is 10.4 Å². The molecule has 5 nitrogen and oxygen atoms in total. The summed E-state index contributed by atoms with van der Waals surface area (Å²) in [6, 6.07) is 8.28. The van der Waals surface area contributed by atoms with Crippen LogP contribution in [0.2, 0.25) is 4.34 Å². The van der Waals surface area contributed by atoms with Crippen molar-refractivity contribution in [2.45, 2.75) is 19.6 Å². The summed E-state index contributed by atoms with van der Waals surface area (Å²) in [5.41, 5.74) is 0.723. The second-order valence-electron chi connectivity index (χ2n) is 5.20. The zero-order valence-electron chi connectivity index (χ0n) is 14.1. The van der Waals surface area contributed by atoms with E-state index in [1.807, 2.05) is 6.92 Å². The topological polar surface area (TPSA) is 65.9 Å². The first-order chi connectivity index (χ1) is 12.0. The number of thiophene rings is 1. The number of aliphatic hydroxyl groups is 1. The second kappa shape index (κ2) is 9.60. The van der Waals surface area contributed by atoms with Gasteiger partial charge in [-0.25, -0.2) is 9.38 Å². The van der Waals surface area contributed by atoms with Crippen molar-refractivity contribution < 1.29 is 14.2 Å². The van der Waals surface area contributed by atoms with Crippen LogP contribution >= 0.6 is 22.9 Å². The Labute approximate surface area is 155 Å². The second-order valence-corrected chi connectivity index (χ2v) is 6.95. The molecule has 1 aromatic carbocycles. The average molecular weight is 386 g/mol. The monoisotopic (exact) mass is 385 g/mol. The fraction of sp³-hybridized carbons (Fsp3) is 0.353. The fourth-order valence-electron chi connectivity index (χ4n) is 2.12. The first-order valence-electron chi connectivity index (χ1n) is 7.81. The highest BCUT2D eigenvalue weighted by Gasteiger charge is 2.11. The van der Waals surface area contributed by atoms with E-state index in [4.69, 9.17) is 16.3 Å². The summed E-state index contributed by atoms with van der Waals surface area (Å²) in [5.74, 6) is 0.328. The summed E-state index contributed by atoms with van der Waals surface area (Å²) in [5, 5.41) is 16.3. The Morgan fingerprint density at radius 3 is 2.76 bits per heavy atom. The molecule has 0 spiro atoms. The van der Waals surface area contributed by atoms with E-state index in [2.05, 4.69) is 15.6 Å². The molecule has 0 aliphatic rings. The summed E-state index contributed by atoms with van der Waals surface area (Å²) in [6.07, 6.45) is -0.681. The van der Waals surface area contributed by atoms with Crippen molar-refractivity contribution in [3.63, 3.8) is 0 Å². The van der Waals surface area contributed by atoms with Crippen LogP contribution in [0.4, 0.5) is 4.39 Å². The Balaban J connectivity index is 1.96. The number of nitrogens with zero attached hydrogens (tertiary/aromatic N) is 1. The minimum atomic E-state index is -0.681. The van der Waals surface area contributed by atoms with Gasteiger partial charge >= 0.3 is 0 Å². The van der Waals surface area contributed by atoms with E-state index >= 15 is 0 Å². The van der Waals surface area contributed by atoms with Gasteiger partial charge in [-0.15, -0.1) is 11.3 Å². The number of aliphatic imine (C=N–C) groups is 1. The largest absolute Gasteiger partial charge is 0.494 e. The van der Waals surface area contributed by atoms with Gasteiger partial charge in [0.25, 0.3) is 0 Å². The number of aliphatic hydroxyl groups excluding tert-OH is 1. The van der Waals surface area contributed by atoms with Gasteiger partial charge in [0, 0.05) is 18.0 Å². The molecular weight excluding hydrogens is 365 g/mol. The van der Waals surface area contributed by atoms with Crippen LogP contribution in [-0.4, -0.2) is 31.3 Å². The van der Waals surface area contributed by atoms with Gasteiger partial charge in [-0.2, -0.15) is 0 Å². The zero-order valence-corrected chi connectivity index (χ0v) is 15.6. The first-order valence-corrected chi connectivity index (χ1v) is 9.00. The summed E-state index contributed by atoms with van der Waals surface area (Å²) < 4.78 is 19.3. The van der Waals surface area contributed by atoms with Crippen LogP contribution < -0.4 is 15.4 Å². The maximum Gasteiger partial charge on any atom is 0.191 e. The van der Waals surface area contributed by atoms with Crippen LogP contribution in [0, 0.1) is 5.82 Å². The van der Waals surface area contributed by atoms with E-state index in [-0.39, 0.29) is 5.75 Å². The molecule has 2 aromatic rings. The van der Waals surface area contributed by atoms with Crippen LogP contribution in [0.3, 0.4) is 0 Å². The number of hydrogen-bond donors (Lipinski definition) is 3. The molecule has 0 amide bonds. The highest BCUT2D eigenvalue weighted by atomic mass is 35.5. The van der Waals surface area contributed by atoms with Gasteiger partial charge in [0.2, 0.25) is 0 Å². The summed E-state index contributed by atoms with van der Waals surface area (Å²) >= 11 is 7.22. The third-order valence-electron chi connectivity index (χ3n) is 3.37. The minimum absolute atomic E-state index is 0.204. The van der Waals surface area contributed by atoms with Crippen molar-refractivity contribution in [3.8, 4) is 5.75 Å². The van der Waals surface area contributed by atoms with Crippen LogP contribution in [0.5, 0.6) is 5.75 Å². The van der Waals surface area contributed by atoms with E-state index in [1.54, 1.807) is 24.3 Å². The number of nitrogens with one attached hydrogen (secondary N) is 2. The van der Waals surface area contributed by atoms with Gasteiger partial charge in [0.05, 0.1) is 18.0 Å². The normalized spacial score (nSPS) is 12.8. The molecule has 1 aromatic heterocycles. The van der Waals surface area contributed by atoms with Crippen molar-refractivity contribution in [2.24, 2.45) is 4.99 Å². The van der Waals surface area contributed by atoms with Crippen LogP contribution in [-0.2, 0) is 6.54 Å². The lowest BCUT2D eigenvalue weighted by Crippen LogP contribution is -2.39. The van der Waals surface area contributed by atoms with E-state index in [0.29, 0.717) is 29.9 Å². The quantitative estimate of drug-likeness (QED) is 0.505. The highest BCUT2D eigenvalue weighted by Crippen LogP contribution is 2.26. The molecule has 0 bridgehead atoms. The number of hydrogen-bond acceptors (Lipinski definition) is 4. The van der Waals surface area contributed by atoms with Crippen LogP contribution in [0.1, 0.15) is 23.5 Å². The van der Waals surface area contributed by atoms with Gasteiger partial charge in [-0.05, 0) is 36.8 Å². The molecular formula is C17H21ClFN3O2S. The lowest BCUT2D eigenvalue weighted by Gasteiger charge is -2.14. The average Bonchev–Trinajstić information content (AvgIpc) is 3.03. The Morgan fingerprint density at radius 1 is 1.36 bits per heavy atom. The van der Waals surface area contributed by atoms with Gasteiger partial charge in [0.1, 0.15) is 6.10 Å². The number of methoxy groups -OCH3 is 1. The fourth-order valence-corrected chi connectivity index (χ4v) is 3.17. The Hall–Kier alpha value is -1.83. The Kier molecular flexibility index (Phi) is 7.49. The molecule has 0 saturated heterocycles. The third kappa shape index (κ3) is 5.88. The summed E-state index contributed by atoms with van der Waals surface area (Å²) in [4.78, 5) is 5.19. The standard InChI is InChI=1S/C17H21ClFN3O2S/c1-3-20-17(22-10-13(23)15-6-7-16(18)25-15)21-9-11-4-5-14(24-2)12(19)8-11/h4-8,13,23H,3,9-10H2,1-2H3,(H2,20,21,22). The van der Waals surface area contributed by atoms with E-state index in [1.165, 1.54) is 24.5 Å². The Morgan fingerprint density at radius 2 is 2.16 bits per heavy atom. The van der Waals surface area contributed by atoms with E-state index < -0.39 is 11.9 Å². The molecule has 2 rings (SSSR count). The number of guanidine groups is 1. The number of benzene rings is 1. The molecule has 0 aliphatic carbocycles. The predicted molar refractivity (Wildman–Crippen MR) is 100 cm³/mol. The van der Waals surface area contributed by atoms with Crippen molar-refractivity contribution in [1.82, 2.24) is 10.6 Å². The molecule has 0 fully saturated rings. The maximum atomic E-state index is 13.7. The first kappa shape index (κ1) is 19.5. The molecule has 8 heteroatoms. The minimum Gasteiger partial charge on any atom is -0.494 e. The number of rotatable bonds is 7. The van der Waals surface area contributed by atoms with Gasteiger partial charge in [0.15, 0.2) is 17.5 Å². The maximum absolute atomic E-state index is 13.7. The molecule has 1 atom stereocenters. The number of ether oxygens (including phenoxy) is 1. The van der Waals surface area contributed by atoms with Gasteiger partial charge in [-0.3, -0.25) is 0 Å². The number of halogens is 2. The van der Waals surface area contributed by atoms with Crippen LogP contribution in [0.25, 0.3) is 0 Å². The van der Waals surface area contributed by atoms with Crippen molar-refractivity contribution in [2.75, 3.05) is 20.2 Å². The summed E-state index contributed by atoms with van der Waals surface area (Å²) in [7, 11) is 1.43.